The van der Waals surface area contributed by atoms with Gasteiger partial charge >= 0.3 is 0 Å². The number of rotatable bonds is 6. The maximum atomic E-state index is 5.93. The fraction of sp³-hybridized carbons (Fsp3) is 0.316. The summed E-state index contributed by atoms with van der Waals surface area (Å²) in [7, 11) is 1.65. The quantitative estimate of drug-likeness (QED) is 0.766. The van der Waals surface area contributed by atoms with Crippen LogP contribution in [0.2, 0.25) is 0 Å². The third-order valence-electron chi connectivity index (χ3n) is 3.78. The minimum absolute atomic E-state index is 0.501. The highest BCUT2D eigenvalue weighted by atomic mass is 16.5. The lowest BCUT2D eigenvalue weighted by molar-refractivity contribution is 0.0397. The van der Waals surface area contributed by atoms with E-state index < -0.39 is 0 Å². The number of benzene rings is 2. The van der Waals surface area contributed by atoms with Crippen LogP contribution in [-0.4, -0.2) is 44.6 Å². The van der Waals surface area contributed by atoms with Gasteiger partial charge in [0.1, 0.15) is 6.61 Å². The highest BCUT2D eigenvalue weighted by Crippen LogP contribution is 2.28. The molecule has 1 aliphatic rings. The molecule has 5 heteroatoms. The van der Waals surface area contributed by atoms with Crippen LogP contribution in [0.25, 0.3) is 0 Å². The minimum atomic E-state index is 0.501. The molecular formula is C19H22N2O3. The van der Waals surface area contributed by atoms with Gasteiger partial charge in [0.05, 0.1) is 39.6 Å². The van der Waals surface area contributed by atoms with Crippen LogP contribution in [0.15, 0.2) is 53.6 Å². The molecule has 0 radical (unpaired) electrons. The predicted octanol–water partition coefficient (Wildman–Crippen LogP) is 2.94. The molecule has 1 saturated heterocycles. The fourth-order valence-electron chi connectivity index (χ4n) is 2.44. The van der Waals surface area contributed by atoms with Crippen molar-refractivity contribution in [2.45, 2.75) is 6.61 Å². The zero-order chi connectivity index (χ0) is 16.6. The Morgan fingerprint density at radius 3 is 2.62 bits per heavy atom. The van der Waals surface area contributed by atoms with E-state index in [2.05, 4.69) is 5.10 Å². The SMILES string of the molecule is COc1ccc(/C=N/N2CCOCC2)cc1OCc1ccccc1. The molecule has 3 rings (SSSR count). The van der Waals surface area contributed by atoms with Gasteiger partial charge in [-0.3, -0.25) is 5.01 Å². The first-order chi connectivity index (χ1) is 11.8. The summed E-state index contributed by atoms with van der Waals surface area (Å²) in [5.41, 5.74) is 2.09. The molecule has 1 heterocycles. The van der Waals surface area contributed by atoms with Crippen LogP contribution in [0.1, 0.15) is 11.1 Å². The third-order valence-corrected chi connectivity index (χ3v) is 3.78. The number of morpholine rings is 1. The average molecular weight is 326 g/mol. The van der Waals surface area contributed by atoms with E-state index in [9.17, 15) is 0 Å². The average Bonchev–Trinajstić information content (AvgIpc) is 2.66. The fourth-order valence-corrected chi connectivity index (χ4v) is 2.44. The second kappa shape index (κ2) is 8.36. The Morgan fingerprint density at radius 1 is 1.08 bits per heavy atom. The molecule has 5 nitrogen and oxygen atoms in total. The van der Waals surface area contributed by atoms with Crippen LogP contribution in [0, 0.1) is 0 Å². The summed E-state index contributed by atoms with van der Waals surface area (Å²) in [6, 6.07) is 15.9. The number of hydrogen-bond acceptors (Lipinski definition) is 5. The summed E-state index contributed by atoms with van der Waals surface area (Å²) in [5.74, 6) is 1.43. The summed E-state index contributed by atoms with van der Waals surface area (Å²) >= 11 is 0. The summed E-state index contributed by atoms with van der Waals surface area (Å²) in [4.78, 5) is 0. The van der Waals surface area contributed by atoms with Gasteiger partial charge in [-0.25, -0.2) is 0 Å². The Kier molecular flexibility index (Phi) is 5.69. The van der Waals surface area contributed by atoms with E-state index in [0.29, 0.717) is 12.4 Å². The smallest absolute Gasteiger partial charge is 0.162 e. The third kappa shape index (κ3) is 4.49. The van der Waals surface area contributed by atoms with Gasteiger partial charge in [-0.1, -0.05) is 30.3 Å². The Morgan fingerprint density at radius 2 is 1.88 bits per heavy atom. The van der Waals surface area contributed by atoms with E-state index in [1.807, 2.05) is 59.8 Å². The number of hydrazone groups is 1. The first-order valence-corrected chi connectivity index (χ1v) is 8.06. The molecule has 24 heavy (non-hydrogen) atoms. The predicted molar refractivity (Wildman–Crippen MR) is 93.8 cm³/mol. The highest BCUT2D eigenvalue weighted by Gasteiger charge is 2.08. The molecule has 1 fully saturated rings. The number of methoxy groups -OCH3 is 1. The lowest BCUT2D eigenvalue weighted by Gasteiger charge is -2.23. The van der Waals surface area contributed by atoms with Crippen molar-refractivity contribution in [1.82, 2.24) is 5.01 Å². The monoisotopic (exact) mass is 326 g/mol. The lowest BCUT2D eigenvalue weighted by atomic mass is 10.2. The number of ether oxygens (including phenoxy) is 3. The Balaban J connectivity index is 1.69. The second-order valence-electron chi connectivity index (χ2n) is 5.50. The zero-order valence-corrected chi connectivity index (χ0v) is 13.9. The van der Waals surface area contributed by atoms with Crippen molar-refractivity contribution in [2.75, 3.05) is 33.4 Å². The first-order valence-electron chi connectivity index (χ1n) is 8.06. The molecule has 1 aliphatic heterocycles. The maximum absolute atomic E-state index is 5.93. The molecule has 0 aliphatic carbocycles. The first kappa shape index (κ1) is 16.3. The van der Waals surface area contributed by atoms with Gasteiger partial charge in [-0.2, -0.15) is 5.10 Å². The van der Waals surface area contributed by atoms with Gasteiger partial charge in [0.2, 0.25) is 0 Å². The van der Waals surface area contributed by atoms with Crippen LogP contribution in [-0.2, 0) is 11.3 Å². The van der Waals surface area contributed by atoms with Gasteiger partial charge in [0, 0.05) is 0 Å². The topological polar surface area (TPSA) is 43.3 Å². The van der Waals surface area contributed by atoms with Crippen molar-refractivity contribution in [3.05, 3.63) is 59.7 Å². The molecule has 0 saturated carbocycles. The Bertz CT molecular complexity index is 668. The van der Waals surface area contributed by atoms with E-state index in [0.717, 1.165) is 43.2 Å². The second-order valence-corrected chi connectivity index (χ2v) is 5.50. The zero-order valence-electron chi connectivity index (χ0n) is 13.9. The maximum Gasteiger partial charge on any atom is 0.162 e. The largest absolute Gasteiger partial charge is 0.493 e. The molecule has 0 amide bonds. The molecule has 126 valence electrons. The van der Waals surface area contributed by atoms with Crippen LogP contribution in [0.3, 0.4) is 0 Å². The molecule has 0 bridgehead atoms. The Labute approximate surface area is 142 Å². The van der Waals surface area contributed by atoms with E-state index in [1.165, 1.54) is 0 Å². The highest BCUT2D eigenvalue weighted by molar-refractivity contribution is 5.80. The van der Waals surface area contributed by atoms with E-state index >= 15 is 0 Å². The normalized spacial score (nSPS) is 14.8. The number of hydrogen-bond donors (Lipinski definition) is 0. The molecule has 2 aromatic rings. The minimum Gasteiger partial charge on any atom is -0.493 e. The summed E-state index contributed by atoms with van der Waals surface area (Å²) in [5, 5.41) is 6.51. The van der Waals surface area contributed by atoms with E-state index in [1.54, 1.807) is 7.11 Å². The van der Waals surface area contributed by atoms with Crippen molar-refractivity contribution in [1.29, 1.82) is 0 Å². The van der Waals surface area contributed by atoms with Crippen LogP contribution >= 0.6 is 0 Å². The molecule has 2 aromatic carbocycles. The van der Waals surface area contributed by atoms with Crippen molar-refractivity contribution in [3.8, 4) is 11.5 Å². The van der Waals surface area contributed by atoms with Gasteiger partial charge in [-0.15, -0.1) is 0 Å². The van der Waals surface area contributed by atoms with Crippen molar-refractivity contribution in [2.24, 2.45) is 5.10 Å². The summed E-state index contributed by atoms with van der Waals surface area (Å²) in [6.45, 7) is 3.60. The van der Waals surface area contributed by atoms with Gasteiger partial charge in [0.25, 0.3) is 0 Å². The van der Waals surface area contributed by atoms with Crippen LogP contribution < -0.4 is 9.47 Å². The summed E-state index contributed by atoms with van der Waals surface area (Å²) < 4.78 is 16.6. The van der Waals surface area contributed by atoms with Crippen molar-refractivity contribution in [3.63, 3.8) is 0 Å². The van der Waals surface area contributed by atoms with Crippen LogP contribution in [0.5, 0.6) is 11.5 Å². The molecule has 0 N–H and O–H groups in total. The van der Waals surface area contributed by atoms with Gasteiger partial charge < -0.3 is 14.2 Å². The van der Waals surface area contributed by atoms with Gasteiger partial charge in [-0.05, 0) is 29.3 Å². The van der Waals surface area contributed by atoms with Crippen molar-refractivity contribution >= 4 is 6.21 Å². The molecule has 0 aromatic heterocycles. The van der Waals surface area contributed by atoms with E-state index in [4.69, 9.17) is 14.2 Å². The molecular weight excluding hydrogens is 304 g/mol. The Hall–Kier alpha value is -2.53. The number of nitrogens with zero attached hydrogens (tertiary/aromatic N) is 2. The van der Waals surface area contributed by atoms with E-state index in [-0.39, 0.29) is 0 Å². The van der Waals surface area contributed by atoms with Crippen molar-refractivity contribution < 1.29 is 14.2 Å². The summed E-state index contributed by atoms with van der Waals surface area (Å²) in [6.07, 6.45) is 1.85. The molecule has 0 atom stereocenters. The molecule has 0 unspecified atom stereocenters. The van der Waals surface area contributed by atoms with Crippen LogP contribution in [0.4, 0.5) is 0 Å². The standard InChI is InChI=1S/C19H22N2O3/c1-22-18-8-7-17(14-20-21-9-11-23-12-10-21)13-19(18)24-15-16-5-3-2-4-6-16/h2-8,13-14H,9-12,15H2,1H3/b20-14+. The van der Waals surface area contributed by atoms with Gasteiger partial charge in [0.15, 0.2) is 11.5 Å². The lowest BCUT2D eigenvalue weighted by Crippen LogP contribution is -2.32. The molecule has 0 spiro atoms.